The number of amides is 11. The second-order valence-corrected chi connectivity index (χ2v) is 19.2. The molecule has 0 aromatic carbocycles. The first-order valence-electron chi connectivity index (χ1n) is 22.8. The number of urea groups is 2. The van der Waals surface area contributed by atoms with Crippen molar-refractivity contribution in [1.29, 1.82) is 0 Å². The minimum atomic E-state index is -1.27. The van der Waals surface area contributed by atoms with Gasteiger partial charge in [0.05, 0.1) is 12.6 Å². The molecule has 0 aromatic heterocycles. The van der Waals surface area contributed by atoms with Gasteiger partial charge < -0.3 is 50.9 Å². The molecule has 1 fully saturated rings. The molecular weight excluding hydrogens is 841 g/mol. The maximum atomic E-state index is 14.3. The number of nitrogens with one attached hydrogen (secondary N) is 3. The van der Waals surface area contributed by atoms with Gasteiger partial charge in [-0.1, -0.05) is 69.2 Å². The van der Waals surface area contributed by atoms with Crippen LogP contribution in [0.15, 0.2) is 0 Å². The molecule has 0 saturated carbocycles. The third kappa shape index (κ3) is 16.1. The zero-order valence-corrected chi connectivity index (χ0v) is 42.2. The molecule has 1 saturated heterocycles. The average molecular weight is 923 g/mol. The molecule has 11 amide bonds. The fourth-order valence-electron chi connectivity index (χ4n) is 7.89. The number of hydrogen-bond donors (Lipinski definition) is 4. The average Bonchev–Trinajstić information content (AvgIpc) is 3.66. The first-order chi connectivity index (χ1) is 30.0. The molecule has 372 valence electrons. The number of likely N-dealkylation sites (N-methyl/N-ethyl adjacent to an activating group) is 6. The van der Waals surface area contributed by atoms with E-state index in [-0.39, 0.29) is 48.9 Å². The lowest BCUT2D eigenvalue weighted by atomic mass is 9.95. The highest BCUT2D eigenvalue weighted by Crippen LogP contribution is 2.27. The minimum Gasteiger partial charge on any atom is -0.375 e. The molecule has 0 aliphatic carbocycles. The van der Waals surface area contributed by atoms with Crippen molar-refractivity contribution < 1.29 is 47.9 Å². The Morgan fingerprint density at radius 2 is 1.18 bits per heavy atom. The van der Waals surface area contributed by atoms with Crippen LogP contribution in [0.4, 0.5) is 9.59 Å². The van der Waals surface area contributed by atoms with E-state index in [4.69, 9.17) is 10.5 Å². The predicted molar refractivity (Wildman–Crippen MR) is 247 cm³/mol. The predicted octanol–water partition coefficient (Wildman–Crippen LogP) is 1.70. The van der Waals surface area contributed by atoms with Gasteiger partial charge in [-0.2, -0.15) is 0 Å². The van der Waals surface area contributed by atoms with Crippen LogP contribution in [0, 0.1) is 29.6 Å². The molecule has 1 heterocycles. The van der Waals surface area contributed by atoms with Gasteiger partial charge in [0.25, 0.3) is 5.91 Å². The highest BCUT2D eigenvalue weighted by Gasteiger charge is 2.44. The summed E-state index contributed by atoms with van der Waals surface area (Å²) in [5.41, 5.74) is 5.66. The van der Waals surface area contributed by atoms with Gasteiger partial charge in [-0.05, 0) is 61.7 Å². The molecular formula is C45H82N10O10. The van der Waals surface area contributed by atoms with E-state index in [0.29, 0.717) is 19.4 Å². The molecule has 20 nitrogen and oxygen atoms in total. The lowest BCUT2D eigenvalue weighted by molar-refractivity contribution is -0.146. The fraction of sp³-hybridized carbons (Fsp3) is 0.800. The van der Waals surface area contributed by atoms with Crippen LogP contribution < -0.4 is 21.7 Å². The van der Waals surface area contributed by atoms with Crippen molar-refractivity contribution in [3.8, 4) is 0 Å². The summed E-state index contributed by atoms with van der Waals surface area (Å²) in [4.78, 5) is 129. The monoisotopic (exact) mass is 923 g/mol. The standard InChI is InChI=1S/C45H82N10O10/c1-18-30(48-40(59)36(37-29(10)19-20-65-37)54(16)45(64)55(17)42(61)33(23-27(6)7)53(15)44(63)47-11)41(60)50(12)24-34(56)51(13)32(22-26(4)5)39(58)49-35(28(8)9)43(62)52(14)31(38(46)57)21-25(2)3/h25-33,35-37H,18-24H2,1-17H3,(H2,46,57)(H,47,63)(H,48,59)(H,49,58)/t29-,30+,31+,32+,33+,35+,36+,37-/m1/s1. The summed E-state index contributed by atoms with van der Waals surface area (Å²) >= 11 is 0. The van der Waals surface area contributed by atoms with Gasteiger partial charge in [-0.25, -0.2) is 9.59 Å². The van der Waals surface area contributed by atoms with E-state index in [2.05, 4.69) is 16.0 Å². The van der Waals surface area contributed by atoms with Crippen LogP contribution in [0.1, 0.15) is 101 Å². The van der Waals surface area contributed by atoms with E-state index < -0.39 is 102 Å². The summed E-state index contributed by atoms with van der Waals surface area (Å²) in [6.45, 7) is 18.3. The SMILES string of the molecule is CC[C@H](NC(=O)[C@H]([C@@H]1OCC[C@H]1C)N(C)C(=O)N(C)C(=O)[C@H](CC(C)C)N(C)C(=O)NC)C(=O)N(C)CC(=O)N(C)[C@@H](CC(C)C)C(=O)N[C@H](C(=O)N(C)[C@@H](CC(C)C)C(N)=O)C(C)C. The van der Waals surface area contributed by atoms with Gasteiger partial charge in [0.2, 0.25) is 35.4 Å². The number of carbonyl (C=O) groups excluding carboxylic acids is 9. The molecule has 0 unspecified atom stereocenters. The van der Waals surface area contributed by atoms with Crippen molar-refractivity contribution in [2.24, 2.45) is 35.3 Å². The van der Waals surface area contributed by atoms with Crippen molar-refractivity contribution in [2.75, 3.05) is 62.5 Å². The Balaban J connectivity index is 3.35. The summed E-state index contributed by atoms with van der Waals surface area (Å²) in [5, 5.41) is 8.08. The van der Waals surface area contributed by atoms with Crippen molar-refractivity contribution in [1.82, 2.24) is 45.3 Å². The normalized spacial score (nSPS) is 17.6. The quantitative estimate of drug-likeness (QED) is 0.116. The van der Waals surface area contributed by atoms with E-state index in [9.17, 15) is 43.2 Å². The number of ether oxygens (including phenoxy) is 1. The number of nitrogens with zero attached hydrogens (tertiary/aromatic N) is 6. The van der Waals surface area contributed by atoms with E-state index in [1.165, 1.54) is 64.0 Å². The number of rotatable bonds is 23. The first-order valence-corrected chi connectivity index (χ1v) is 22.8. The van der Waals surface area contributed by atoms with Gasteiger partial charge in [-0.15, -0.1) is 0 Å². The maximum absolute atomic E-state index is 14.3. The highest BCUT2D eigenvalue weighted by molar-refractivity contribution is 6.00. The zero-order chi connectivity index (χ0) is 50.4. The molecule has 0 aromatic rings. The largest absolute Gasteiger partial charge is 0.375 e. The molecule has 0 radical (unpaired) electrons. The van der Waals surface area contributed by atoms with Crippen LogP contribution in [0.3, 0.4) is 0 Å². The fourth-order valence-corrected chi connectivity index (χ4v) is 7.89. The molecule has 5 N–H and O–H groups in total. The van der Waals surface area contributed by atoms with E-state index >= 15 is 0 Å². The molecule has 0 bridgehead atoms. The molecule has 1 rings (SSSR count). The Morgan fingerprint density at radius 3 is 1.63 bits per heavy atom. The van der Waals surface area contributed by atoms with Gasteiger partial charge in [0.15, 0.2) is 0 Å². The van der Waals surface area contributed by atoms with Crippen molar-refractivity contribution in [2.45, 2.75) is 144 Å². The van der Waals surface area contributed by atoms with Crippen LogP contribution in [0.5, 0.6) is 0 Å². The van der Waals surface area contributed by atoms with Gasteiger partial charge in [-0.3, -0.25) is 38.5 Å². The van der Waals surface area contributed by atoms with Gasteiger partial charge >= 0.3 is 12.1 Å². The Labute approximate surface area is 387 Å². The Bertz CT molecular complexity index is 1670. The second-order valence-electron chi connectivity index (χ2n) is 19.2. The van der Waals surface area contributed by atoms with Crippen molar-refractivity contribution >= 4 is 53.4 Å². The molecule has 8 atom stereocenters. The maximum Gasteiger partial charge on any atom is 0.327 e. The second kappa shape index (κ2) is 26.2. The summed E-state index contributed by atoms with van der Waals surface area (Å²) in [7, 11) is 9.88. The van der Waals surface area contributed by atoms with Crippen LogP contribution in [-0.4, -0.2) is 188 Å². The Hall–Kier alpha value is -5.01. The lowest BCUT2D eigenvalue weighted by Gasteiger charge is -2.37. The lowest BCUT2D eigenvalue weighted by Crippen LogP contribution is -2.62. The van der Waals surface area contributed by atoms with E-state index in [1.54, 1.807) is 20.8 Å². The van der Waals surface area contributed by atoms with Crippen LogP contribution in [0.2, 0.25) is 0 Å². The smallest absolute Gasteiger partial charge is 0.327 e. The van der Waals surface area contributed by atoms with E-state index in [1.807, 2.05) is 48.5 Å². The molecule has 0 spiro atoms. The van der Waals surface area contributed by atoms with Crippen molar-refractivity contribution in [3.05, 3.63) is 0 Å². The molecule has 1 aliphatic rings. The summed E-state index contributed by atoms with van der Waals surface area (Å²) in [6.07, 6.45) is 0.755. The minimum absolute atomic E-state index is 0.00625. The van der Waals surface area contributed by atoms with E-state index in [0.717, 1.165) is 14.7 Å². The van der Waals surface area contributed by atoms with Crippen LogP contribution in [-0.2, 0) is 38.3 Å². The Morgan fingerprint density at radius 1 is 0.662 bits per heavy atom. The number of imide groups is 1. The molecule has 20 heteroatoms. The first kappa shape index (κ1) is 58.0. The zero-order valence-electron chi connectivity index (χ0n) is 42.2. The number of primary amides is 1. The Kier molecular flexibility index (Phi) is 23.4. The number of carbonyl (C=O) groups is 9. The van der Waals surface area contributed by atoms with Crippen LogP contribution >= 0.6 is 0 Å². The summed E-state index contributed by atoms with van der Waals surface area (Å²) in [5.74, 6) is -4.87. The molecule has 65 heavy (non-hydrogen) atoms. The third-order valence-corrected chi connectivity index (χ3v) is 12.0. The number of nitrogens with two attached hydrogens (primary N) is 1. The third-order valence-electron chi connectivity index (χ3n) is 12.0. The van der Waals surface area contributed by atoms with Gasteiger partial charge in [0.1, 0.15) is 36.3 Å². The van der Waals surface area contributed by atoms with Crippen molar-refractivity contribution in [3.63, 3.8) is 0 Å². The number of hydrogen-bond acceptors (Lipinski definition) is 10. The summed E-state index contributed by atoms with van der Waals surface area (Å²) in [6, 6.07) is -7.68. The van der Waals surface area contributed by atoms with Gasteiger partial charge in [0, 0.05) is 55.9 Å². The molecule has 1 aliphatic heterocycles. The highest BCUT2D eigenvalue weighted by atomic mass is 16.5. The van der Waals surface area contributed by atoms with Crippen LogP contribution in [0.25, 0.3) is 0 Å². The summed E-state index contributed by atoms with van der Waals surface area (Å²) < 4.78 is 5.97. The topological polar surface area (TPSA) is 244 Å².